The standard InChI is InChI=1S/C30H32BrN5O4/c1-18-6-5-7-26(28(18)32-29(37)25-10-12-39-21(25)4)30(38)35-11-13-40-24(17-35)15-23-16-36(34-33-23)20(3)22-8-9-27(31)19(2)14-22/h5-10,12,14,16,20,24H,11,13,15,17H2,1-4H3,(H,32,37)/t20-,24?/m1/s1. The van der Waals surface area contributed by atoms with E-state index in [1.807, 2.05) is 36.0 Å². The van der Waals surface area contributed by atoms with Crippen LogP contribution in [-0.2, 0) is 11.2 Å². The summed E-state index contributed by atoms with van der Waals surface area (Å²) in [5.74, 6) is 0.0532. The number of nitrogens with zero attached hydrogens (tertiary/aromatic N) is 4. The molecule has 2 aromatic carbocycles. The largest absolute Gasteiger partial charge is 0.469 e. The van der Waals surface area contributed by atoms with Crippen molar-refractivity contribution in [3.8, 4) is 0 Å². The van der Waals surface area contributed by atoms with E-state index in [2.05, 4.69) is 57.5 Å². The van der Waals surface area contributed by atoms with Crippen LogP contribution in [0.25, 0.3) is 0 Å². The highest BCUT2D eigenvalue weighted by molar-refractivity contribution is 9.10. The number of hydrogen-bond donors (Lipinski definition) is 1. The molecule has 9 nitrogen and oxygen atoms in total. The number of furan rings is 1. The number of aromatic nitrogens is 3. The Hall–Kier alpha value is -3.76. The van der Waals surface area contributed by atoms with Crippen molar-refractivity contribution in [2.24, 2.45) is 0 Å². The zero-order valence-corrected chi connectivity index (χ0v) is 24.6. The minimum Gasteiger partial charge on any atom is -0.469 e. The van der Waals surface area contributed by atoms with E-state index in [1.54, 1.807) is 24.0 Å². The van der Waals surface area contributed by atoms with Crippen molar-refractivity contribution >= 4 is 33.4 Å². The summed E-state index contributed by atoms with van der Waals surface area (Å²) in [6, 6.07) is 13.4. The molecule has 10 heteroatoms. The van der Waals surface area contributed by atoms with Gasteiger partial charge in [0.2, 0.25) is 0 Å². The van der Waals surface area contributed by atoms with E-state index in [-0.39, 0.29) is 24.0 Å². The first-order chi connectivity index (χ1) is 19.2. The SMILES string of the molecule is Cc1cc([C@@H](C)n2cc(CC3CN(C(=O)c4cccc(C)c4NC(=O)c4ccoc4C)CCO3)nn2)ccc1Br. The van der Waals surface area contributed by atoms with Crippen molar-refractivity contribution in [2.45, 2.75) is 46.3 Å². The summed E-state index contributed by atoms with van der Waals surface area (Å²) in [5, 5.41) is 11.7. The van der Waals surface area contributed by atoms with Crippen LogP contribution in [0.1, 0.15) is 61.8 Å². The fraction of sp³-hybridized carbons (Fsp3) is 0.333. The third-order valence-corrected chi connectivity index (χ3v) is 8.22. The van der Waals surface area contributed by atoms with E-state index in [9.17, 15) is 9.59 Å². The molecule has 1 aliphatic heterocycles. The van der Waals surface area contributed by atoms with Crippen molar-refractivity contribution < 1.29 is 18.7 Å². The third kappa shape index (κ3) is 5.88. The number of nitrogens with one attached hydrogen (secondary N) is 1. The summed E-state index contributed by atoms with van der Waals surface area (Å²) < 4.78 is 14.2. The average Bonchev–Trinajstić information content (AvgIpc) is 3.59. The molecule has 2 aromatic heterocycles. The van der Waals surface area contributed by atoms with Crippen molar-refractivity contribution in [3.05, 3.63) is 98.7 Å². The lowest BCUT2D eigenvalue weighted by Gasteiger charge is -2.33. The third-order valence-electron chi connectivity index (χ3n) is 7.33. The molecule has 0 bridgehead atoms. The predicted molar refractivity (Wildman–Crippen MR) is 155 cm³/mol. The van der Waals surface area contributed by atoms with Gasteiger partial charge in [0.25, 0.3) is 11.8 Å². The maximum atomic E-state index is 13.7. The molecule has 40 heavy (non-hydrogen) atoms. The van der Waals surface area contributed by atoms with Gasteiger partial charge in [0.15, 0.2) is 0 Å². The molecule has 0 aliphatic carbocycles. The highest BCUT2D eigenvalue weighted by Crippen LogP contribution is 2.26. The van der Waals surface area contributed by atoms with E-state index in [4.69, 9.17) is 9.15 Å². The normalized spacial score (nSPS) is 16.1. The van der Waals surface area contributed by atoms with E-state index >= 15 is 0 Å². The molecule has 208 valence electrons. The molecule has 1 fully saturated rings. The van der Waals surface area contributed by atoms with Crippen LogP contribution in [0.4, 0.5) is 5.69 Å². The van der Waals surface area contributed by atoms with Crippen molar-refractivity contribution in [1.82, 2.24) is 19.9 Å². The number of hydrogen-bond acceptors (Lipinski definition) is 6. The second-order valence-corrected chi connectivity index (χ2v) is 11.0. The number of aryl methyl sites for hydroxylation is 3. The van der Waals surface area contributed by atoms with Crippen molar-refractivity contribution in [2.75, 3.05) is 25.0 Å². The Labute approximate surface area is 241 Å². The van der Waals surface area contributed by atoms with Gasteiger partial charge in [0.1, 0.15) is 5.76 Å². The van der Waals surface area contributed by atoms with Gasteiger partial charge in [0, 0.05) is 30.2 Å². The van der Waals surface area contributed by atoms with Crippen LogP contribution < -0.4 is 5.32 Å². The van der Waals surface area contributed by atoms with Gasteiger partial charge < -0.3 is 19.4 Å². The number of anilines is 1. The first-order valence-electron chi connectivity index (χ1n) is 13.2. The number of amides is 2. The molecule has 1 aliphatic rings. The van der Waals surface area contributed by atoms with E-state index in [0.717, 1.165) is 26.9 Å². The molecular weight excluding hydrogens is 574 g/mol. The summed E-state index contributed by atoms with van der Waals surface area (Å²) in [6.45, 7) is 9.05. The molecule has 1 unspecified atom stereocenters. The minimum atomic E-state index is -0.315. The van der Waals surface area contributed by atoms with Crippen LogP contribution in [0.15, 0.2) is 63.8 Å². The van der Waals surface area contributed by atoms with Gasteiger partial charge >= 0.3 is 0 Å². The minimum absolute atomic E-state index is 0.0270. The summed E-state index contributed by atoms with van der Waals surface area (Å²) in [7, 11) is 0. The van der Waals surface area contributed by atoms with Gasteiger partial charge in [-0.1, -0.05) is 45.4 Å². The maximum absolute atomic E-state index is 13.7. The first-order valence-corrected chi connectivity index (χ1v) is 14.0. The van der Waals surface area contributed by atoms with Gasteiger partial charge in [-0.15, -0.1) is 5.10 Å². The van der Waals surface area contributed by atoms with Crippen LogP contribution in [0.5, 0.6) is 0 Å². The quantitative estimate of drug-likeness (QED) is 0.298. The van der Waals surface area contributed by atoms with Crippen LogP contribution in [0, 0.1) is 20.8 Å². The Morgan fingerprint density at radius 2 is 1.95 bits per heavy atom. The van der Waals surface area contributed by atoms with E-state index in [0.29, 0.717) is 48.7 Å². The molecule has 3 heterocycles. The predicted octanol–water partition coefficient (Wildman–Crippen LogP) is 5.50. The second kappa shape index (κ2) is 11.8. The Balaban J connectivity index is 1.27. The molecule has 5 rings (SSSR count). The number of carbonyl (C=O) groups excluding carboxylic acids is 2. The lowest BCUT2D eigenvalue weighted by molar-refractivity contribution is -0.0211. The Bertz CT molecular complexity index is 1540. The molecule has 4 aromatic rings. The van der Waals surface area contributed by atoms with Gasteiger partial charge in [-0.3, -0.25) is 9.59 Å². The Morgan fingerprint density at radius 3 is 2.70 bits per heavy atom. The number of morpholine rings is 1. The summed E-state index contributed by atoms with van der Waals surface area (Å²) in [6.07, 6.45) is 3.73. The fourth-order valence-corrected chi connectivity index (χ4v) is 5.17. The van der Waals surface area contributed by atoms with E-state index < -0.39 is 0 Å². The van der Waals surface area contributed by atoms with E-state index in [1.165, 1.54) is 6.26 Å². The summed E-state index contributed by atoms with van der Waals surface area (Å²) in [5.41, 5.74) is 5.30. The maximum Gasteiger partial charge on any atom is 0.259 e. The number of para-hydroxylation sites is 1. The van der Waals surface area contributed by atoms with Gasteiger partial charge in [-0.05, 0) is 62.6 Å². The Kier molecular flexibility index (Phi) is 8.18. The highest BCUT2D eigenvalue weighted by atomic mass is 79.9. The second-order valence-electron chi connectivity index (χ2n) is 10.2. The fourth-order valence-electron chi connectivity index (χ4n) is 4.92. The number of carbonyl (C=O) groups is 2. The van der Waals surface area contributed by atoms with Crippen LogP contribution in [-0.4, -0.2) is 57.5 Å². The molecule has 2 atom stereocenters. The molecule has 2 amide bonds. The zero-order chi connectivity index (χ0) is 28.4. The molecule has 0 saturated carbocycles. The van der Waals surface area contributed by atoms with Crippen molar-refractivity contribution in [1.29, 1.82) is 0 Å². The van der Waals surface area contributed by atoms with Crippen LogP contribution >= 0.6 is 15.9 Å². The van der Waals surface area contributed by atoms with Gasteiger partial charge in [0.05, 0.1) is 47.5 Å². The number of ether oxygens (including phenoxy) is 1. The zero-order valence-electron chi connectivity index (χ0n) is 23.0. The number of halogens is 1. The molecule has 1 saturated heterocycles. The van der Waals surface area contributed by atoms with Gasteiger partial charge in [-0.2, -0.15) is 0 Å². The summed E-state index contributed by atoms with van der Waals surface area (Å²) >= 11 is 3.55. The number of benzene rings is 2. The molecule has 0 spiro atoms. The lowest BCUT2D eigenvalue weighted by Crippen LogP contribution is -2.46. The first kappa shape index (κ1) is 27.8. The topological polar surface area (TPSA) is 102 Å². The smallest absolute Gasteiger partial charge is 0.259 e. The average molecular weight is 607 g/mol. The molecule has 0 radical (unpaired) electrons. The van der Waals surface area contributed by atoms with Crippen molar-refractivity contribution in [3.63, 3.8) is 0 Å². The lowest BCUT2D eigenvalue weighted by atomic mass is 10.0. The molecular formula is C30H32BrN5O4. The molecule has 1 N–H and O–H groups in total. The number of rotatable bonds is 7. The monoisotopic (exact) mass is 605 g/mol. The highest BCUT2D eigenvalue weighted by Gasteiger charge is 2.28. The van der Waals surface area contributed by atoms with Crippen LogP contribution in [0.2, 0.25) is 0 Å². The van der Waals surface area contributed by atoms with Crippen LogP contribution in [0.3, 0.4) is 0 Å². The Morgan fingerprint density at radius 1 is 1.12 bits per heavy atom. The van der Waals surface area contributed by atoms with Gasteiger partial charge in [-0.25, -0.2) is 4.68 Å². The summed E-state index contributed by atoms with van der Waals surface area (Å²) in [4.78, 5) is 28.3.